The Kier molecular flexibility index (Phi) is 9.65. The minimum Gasteiger partial charge on any atom is -0.490 e. The number of carbonyl (C=O) groups excluding carboxylic acids is 2. The Morgan fingerprint density at radius 3 is 2.39 bits per heavy atom. The molecule has 0 heterocycles. The van der Waals surface area contributed by atoms with Gasteiger partial charge < -0.3 is 20.1 Å². The lowest BCUT2D eigenvalue weighted by molar-refractivity contribution is 0.0927. The zero-order chi connectivity index (χ0) is 23.5. The van der Waals surface area contributed by atoms with Crippen molar-refractivity contribution in [2.24, 2.45) is 0 Å². The summed E-state index contributed by atoms with van der Waals surface area (Å²) in [5, 5.41) is 8.87. The second-order valence-electron chi connectivity index (χ2n) is 7.80. The zero-order valence-electron chi connectivity index (χ0n) is 18.9. The van der Waals surface area contributed by atoms with Crippen molar-refractivity contribution in [3.05, 3.63) is 59.7 Å². The van der Waals surface area contributed by atoms with Crippen LogP contribution in [0.25, 0.3) is 0 Å². The second-order valence-corrected chi connectivity index (χ2v) is 8.21. The molecule has 8 heteroatoms. The number of anilines is 1. The number of amides is 2. The van der Waals surface area contributed by atoms with E-state index in [0.29, 0.717) is 42.4 Å². The highest BCUT2D eigenvalue weighted by Gasteiger charge is 2.19. The summed E-state index contributed by atoms with van der Waals surface area (Å²) in [5.74, 6) is -0.0967. The third-order valence-electron chi connectivity index (χ3n) is 5.41. The van der Waals surface area contributed by atoms with Crippen molar-refractivity contribution in [2.45, 2.75) is 45.1 Å². The molecule has 0 saturated heterocycles. The molecule has 2 amide bonds. The Bertz CT molecular complexity index is 960. The minimum absolute atomic E-state index is 0.0991. The van der Waals surface area contributed by atoms with Crippen LogP contribution in [0.2, 0.25) is 0 Å². The van der Waals surface area contributed by atoms with E-state index in [1.165, 1.54) is 6.42 Å². The average molecular weight is 470 g/mol. The first-order chi connectivity index (χ1) is 16.1. The van der Waals surface area contributed by atoms with Crippen LogP contribution in [-0.4, -0.2) is 42.8 Å². The van der Waals surface area contributed by atoms with Crippen LogP contribution in [0.5, 0.6) is 5.75 Å². The number of benzene rings is 2. The molecule has 0 unspecified atom stereocenters. The quantitative estimate of drug-likeness (QED) is 0.375. The van der Waals surface area contributed by atoms with Crippen LogP contribution in [0.15, 0.2) is 48.5 Å². The topological polar surface area (TPSA) is 88.7 Å². The minimum atomic E-state index is -0.399. The van der Waals surface area contributed by atoms with E-state index in [4.69, 9.17) is 21.7 Å². The molecule has 0 atom stereocenters. The lowest BCUT2D eigenvalue weighted by atomic mass is 9.95. The van der Waals surface area contributed by atoms with Gasteiger partial charge in [-0.1, -0.05) is 43.5 Å². The molecule has 1 aliphatic carbocycles. The number of hydrogen-bond donors (Lipinski definition) is 3. The third-order valence-corrected chi connectivity index (χ3v) is 5.61. The van der Waals surface area contributed by atoms with Crippen LogP contribution < -0.4 is 20.7 Å². The lowest BCUT2D eigenvalue weighted by Gasteiger charge is -2.23. The molecule has 1 saturated carbocycles. The van der Waals surface area contributed by atoms with Gasteiger partial charge in [-0.15, -0.1) is 0 Å². The van der Waals surface area contributed by atoms with E-state index < -0.39 is 5.91 Å². The van der Waals surface area contributed by atoms with Crippen LogP contribution >= 0.6 is 12.2 Å². The summed E-state index contributed by atoms with van der Waals surface area (Å²) >= 11 is 5.35. The molecular formula is C25H31N3O4S. The van der Waals surface area contributed by atoms with Gasteiger partial charge in [0, 0.05) is 12.6 Å². The molecule has 0 radical (unpaired) electrons. The third kappa shape index (κ3) is 7.54. The van der Waals surface area contributed by atoms with Gasteiger partial charge in [-0.3, -0.25) is 14.9 Å². The second kappa shape index (κ2) is 12.9. The summed E-state index contributed by atoms with van der Waals surface area (Å²) in [6.07, 6.45) is 5.50. The Morgan fingerprint density at radius 2 is 1.64 bits per heavy atom. The number of hydrogen-bond acceptors (Lipinski definition) is 5. The highest BCUT2D eigenvalue weighted by atomic mass is 32.1. The van der Waals surface area contributed by atoms with Crippen molar-refractivity contribution in [1.29, 1.82) is 0 Å². The van der Waals surface area contributed by atoms with Crippen LogP contribution in [0, 0.1) is 0 Å². The first-order valence-corrected chi connectivity index (χ1v) is 11.8. The number of ether oxygens (including phenoxy) is 2. The normalized spacial score (nSPS) is 13.7. The van der Waals surface area contributed by atoms with Gasteiger partial charge in [0.25, 0.3) is 11.8 Å². The summed E-state index contributed by atoms with van der Waals surface area (Å²) in [7, 11) is 0. The van der Waals surface area contributed by atoms with Crippen molar-refractivity contribution in [3.8, 4) is 5.75 Å². The largest absolute Gasteiger partial charge is 0.490 e. The molecule has 1 fully saturated rings. The van der Waals surface area contributed by atoms with Crippen LogP contribution in [0.1, 0.15) is 59.7 Å². The van der Waals surface area contributed by atoms with E-state index in [1.807, 2.05) is 13.0 Å². The maximum atomic E-state index is 12.8. The molecule has 3 rings (SSSR count). The molecule has 2 aromatic carbocycles. The monoisotopic (exact) mass is 469 g/mol. The summed E-state index contributed by atoms with van der Waals surface area (Å²) in [4.78, 5) is 25.6. The van der Waals surface area contributed by atoms with Crippen LogP contribution in [0.3, 0.4) is 0 Å². The molecule has 1 aliphatic rings. The molecule has 2 aromatic rings. The van der Waals surface area contributed by atoms with Crippen molar-refractivity contribution in [1.82, 2.24) is 10.6 Å². The zero-order valence-corrected chi connectivity index (χ0v) is 19.7. The number of thiocarbonyl (C=S) groups is 1. The molecule has 0 aliphatic heterocycles. The van der Waals surface area contributed by atoms with Crippen LogP contribution in [-0.2, 0) is 4.74 Å². The van der Waals surface area contributed by atoms with Gasteiger partial charge in [0.1, 0.15) is 12.4 Å². The van der Waals surface area contributed by atoms with Crippen molar-refractivity contribution < 1.29 is 19.1 Å². The van der Waals surface area contributed by atoms with Gasteiger partial charge in [0.15, 0.2) is 5.11 Å². The van der Waals surface area contributed by atoms with Gasteiger partial charge in [-0.05, 0) is 56.2 Å². The Labute approximate surface area is 200 Å². The van der Waals surface area contributed by atoms with Crippen molar-refractivity contribution in [2.75, 3.05) is 25.1 Å². The van der Waals surface area contributed by atoms with E-state index in [0.717, 1.165) is 25.7 Å². The highest BCUT2D eigenvalue weighted by Crippen LogP contribution is 2.21. The van der Waals surface area contributed by atoms with Crippen molar-refractivity contribution in [3.63, 3.8) is 0 Å². The predicted molar refractivity (Wildman–Crippen MR) is 133 cm³/mol. The van der Waals surface area contributed by atoms with Gasteiger partial charge in [-0.25, -0.2) is 0 Å². The number of nitrogens with one attached hydrogen (secondary N) is 3. The van der Waals surface area contributed by atoms with Crippen LogP contribution in [0.4, 0.5) is 5.69 Å². The van der Waals surface area contributed by atoms with Gasteiger partial charge in [0.2, 0.25) is 0 Å². The smallest absolute Gasteiger partial charge is 0.261 e. The molecule has 0 bridgehead atoms. The molecule has 0 aromatic heterocycles. The Balaban J connectivity index is 1.61. The average Bonchev–Trinajstić information content (AvgIpc) is 2.83. The standard InChI is InChI=1S/C25H31N3O4S/c1-2-31-16-17-32-22-15-9-7-13-20(22)24(30)28-25(33)27-21-14-8-6-12-19(21)23(29)26-18-10-4-3-5-11-18/h6-9,12-15,18H,2-5,10-11,16-17H2,1H3,(H,26,29)(H2,27,28,30,33). The summed E-state index contributed by atoms with van der Waals surface area (Å²) in [5.41, 5.74) is 1.39. The fourth-order valence-corrected chi connectivity index (χ4v) is 3.96. The first kappa shape index (κ1) is 24.7. The molecule has 3 N–H and O–H groups in total. The fraction of sp³-hybridized carbons (Fsp3) is 0.400. The van der Waals surface area contributed by atoms with Crippen molar-refractivity contribution >= 4 is 34.8 Å². The SMILES string of the molecule is CCOCCOc1ccccc1C(=O)NC(=S)Nc1ccccc1C(=O)NC1CCCCC1. The van der Waals surface area contributed by atoms with Gasteiger partial charge in [-0.2, -0.15) is 0 Å². The number of para-hydroxylation sites is 2. The number of rotatable bonds is 9. The van der Waals surface area contributed by atoms with E-state index in [2.05, 4.69) is 16.0 Å². The molecule has 0 spiro atoms. The van der Waals surface area contributed by atoms with Gasteiger partial charge >= 0.3 is 0 Å². The van der Waals surface area contributed by atoms with E-state index in [1.54, 1.807) is 42.5 Å². The van der Waals surface area contributed by atoms with Gasteiger partial charge in [0.05, 0.1) is 23.4 Å². The maximum absolute atomic E-state index is 12.8. The first-order valence-electron chi connectivity index (χ1n) is 11.4. The Morgan fingerprint density at radius 1 is 0.939 bits per heavy atom. The van der Waals surface area contributed by atoms with E-state index in [9.17, 15) is 9.59 Å². The highest BCUT2D eigenvalue weighted by molar-refractivity contribution is 7.80. The van der Waals surface area contributed by atoms with E-state index >= 15 is 0 Å². The summed E-state index contributed by atoms with van der Waals surface area (Å²) in [6, 6.07) is 14.3. The van der Waals surface area contributed by atoms with E-state index in [-0.39, 0.29) is 17.1 Å². The maximum Gasteiger partial charge on any atom is 0.261 e. The lowest BCUT2D eigenvalue weighted by Crippen LogP contribution is -2.38. The predicted octanol–water partition coefficient (Wildman–Crippen LogP) is 4.29. The number of carbonyl (C=O) groups is 2. The summed E-state index contributed by atoms with van der Waals surface area (Å²) in [6.45, 7) is 3.29. The summed E-state index contributed by atoms with van der Waals surface area (Å²) < 4.78 is 11.0. The fourth-order valence-electron chi connectivity index (χ4n) is 3.76. The molecular weight excluding hydrogens is 438 g/mol. The molecule has 33 heavy (non-hydrogen) atoms. The molecule has 7 nitrogen and oxygen atoms in total. The Hall–Kier alpha value is -2.97. The molecule has 176 valence electrons.